The van der Waals surface area contributed by atoms with Crippen molar-refractivity contribution in [1.29, 1.82) is 0 Å². The van der Waals surface area contributed by atoms with Gasteiger partial charge in [-0.05, 0) is 44.4 Å². The number of hydrogen-bond donors (Lipinski definition) is 1. The molecule has 1 aromatic carbocycles. The average molecular weight is 344 g/mol. The average Bonchev–Trinajstić information content (AvgIpc) is 2.59. The van der Waals surface area contributed by atoms with Crippen molar-refractivity contribution in [3.63, 3.8) is 0 Å². The Morgan fingerprint density at radius 3 is 2.36 bits per heavy atom. The van der Waals surface area contributed by atoms with Crippen LogP contribution in [-0.2, 0) is 9.59 Å². The molecule has 138 valence electrons. The zero-order valence-electron chi connectivity index (χ0n) is 16.5. The maximum atomic E-state index is 10.6. The Hall–Kier alpha value is -2.36. The minimum absolute atomic E-state index is 0.00250. The Labute approximate surface area is 152 Å². The van der Waals surface area contributed by atoms with E-state index in [1.54, 1.807) is 14.0 Å². The summed E-state index contributed by atoms with van der Waals surface area (Å²) in [5.41, 5.74) is 5.76. The topological polar surface area (TPSA) is 49.4 Å². The van der Waals surface area contributed by atoms with Crippen molar-refractivity contribution in [2.45, 2.75) is 40.5 Å². The number of nitrogens with one attached hydrogen (secondary N) is 1. The van der Waals surface area contributed by atoms with Gasteiger partial charge in [-0.15, -0.1) is 0 Å². The lowest BCUT2D eigenvalue weighted by Gasteiger charge is -2.22. The summed E-state index contributed by atoms with van der Waals surface area (Å²) in [4.78, 5) is 22.8. The molecule has 0 heterocycles. The van der Waals surface area contributed by atoms with Crippen LogP contribution >= 0.6 is 0 Å². The molecule has 25 heavy (non-hydrogen) atoms. The van der Waals surface area contributed by atoms with Crippen molar-refractivity contribution >= 4 is 23.5 Å². The van der Waals surface area contributed by atoms with Gasteiger partial charge in [0.1, 0.15) is 6.29 Å². The Balaban J connectivity index is 0.000000504. The fraction of sp³-hybridized carbons (Fsp3) is 0.429. The van der Waals surface area contributed by atoms with E-state index in [0.717, 1.165) is 17.6 Å². The molecule has 1 atom stereocenters. The quantitative estimate of drug-likeness (QED) is 0.748. The molecule has 0 radical (unpaired) electrons. The van der Waals surface area contributed by atoms with Crippen LogP contribution in [0, 0.1) is 12.8 Å². The van der Waals surface area contributed by atoms with Gasteiger partial charge in [-0.2, -0.15) is 0 Å². The van der Waals surface area contributed by atoms with Crippen LogP contribution in [0.15, 0.2) is 37.1 Å². The number of rotatable bonds is 7. The monoisotopic (exact) mass is 344 g/mol. The smallest absolute Gasteiger partial charge is 0.219 e. The summed E-state index contributed by atoms with van der Waals surface area (Å²) in [6, 6.07) is 6.39. The lowest BCUT2D eigenvalue weighted by Crippen LogP contribution is -2.18. The minimum atomic E-state index is -0.00583. The Morgan fingerprint density at radius 1 is 1.32 bits per heavy atom. The first kappa shape index (κ1) is 22.6. The van der Waals surface area contributed by atoms with Crippen LogP contribution in [-0.4, -0.2) is 26.3 Å². The fourth-order valence-electron chi connectivity index (χ4n) is 1.99. The molecule has 0 fully saturated rings. The number of amides is 1. The molecule has 0 saturated heterocycles. The number of allylic oxidation sites excluding steroid dienone is 2. The first-order valence-corrected chi connectivity index (χ1v) is 8.45. The lowest BCUT2D eigenvalue weighted by atomic mass is 10.0. The number of anilines is 1. The molecule has 1 N–H and O–H groups in total. The molecule has 0 aliphatic heterocycles. The van der Waals surface area contributed by atoms with E-state index in [4.69, 9.17) is 0 Å². The predicted octanol–water partition coefficient (Wildman–Crippen LogP) is 4.35. The van der Waals surface area contributed by atoms with E-state index in [0.29, 0.717) is 12.8 Å². The number of aldehydes is 1. The van der Waals surface area contributed by atoms with Gasteiger partial charge in [0.2, 0.25) is 5.91 Å². The molecule has 0 saturated carbocycles. The summed E-state index contributed by atoms with van der Waals surface area (Å²) in [5, 5.41) is 2.49. The molecule has 0 aliphatic carbocycles. The molecule has 0 spiro atoms. The molecule has 0 bridgehead atoms. The second-order valence-electron chi connectivity index (χ2n) is 6.40. The van der Waals surface area contributed by atoms with E-state index in [-0.39, 0.29) is 11.8 Å². The first-order chi connectivity index (χ1) is 11.6. The summed E-state index contributed by atoms with van der Waals surface area (Å²) in [5.74, 6) is -0.00833. The van der Waals surface area contributed by atoms with Gasteiger partial charge in [0.05, 0.1) is 0 Å². The van der Waals surface area contributed by atoms with Crippen molar-refractivity contribution in [2.75, 3.05) is 19.0 Å². The van der Waals surface area contributed by atoms with Gasteiger partial charge in [-0.25, -0.2) is 0 Å². The molecular formula is C21H32N2O2. The summed E-state index contributed by atoms with van der Waals surface area (Å²) in [6.45, 7) is 15.8. The van der Waals surface area contributed by atoms with Gasteiger partial charge in [0.25, 0.3) is 0 Å². The van der Waals surface area contributed by atoms with Gasteiger partial charge in [0.15, 0.2) is 0 Å². The van der Waals surface area contributed by atoms with Crippen molar-refractivity contribution in [2.24, 2.45) is 5.92 Å². The summed E-state index contributed by atoms with van der Waals surface area (Å²) in [7, 11) is 3.63. The van der Waals surface area contributed by atoms with Crippen molar-refractivity contribution in [1.82, 2.24) is 5.32 Å². The van der Waals surface area contributed by atoms with E-state index in [1.807, 2.05) is 20.9 Å². The van der Waals surface area contributed by atoms with Crippen LogP contribution in [0.5, 0.6) is 0 Å². The highest BCUT2D eigenvalue weighted by Gasteiger charge is 2.06. The maximum absolute atomic E-state index is 10.6. The molecule has 1 amide bonds. The molecule has 4 heteroatoms. The zero-order chi connectivity index (χ0) is 19.6. The highest BCUT2D eigenvalue weighted by Crippen LogP contribution is 2.25. The van der Waals surface area contributed by atoms with E-state index < -0.39 is 0 Å². The van der Waals surface area contributed by atoms with Crippen LogP contribution in [0.25, 0.3) is 5.57 Å². The second kappa shape index (κ2) is 11.2. The second-order valence-corrected chi connectivity index (χ2v) is 6.40. The SMILES string of the molecule is C=C(C)c1ccc(C)c(N(C)C(=C)C)c1.CNC(=O)CCC(C)C=O. The van der Waals surface area contributed by atoms with Crippen LogP contribution in [0.2, 0.25) is 0 Å². The summed E-state index contributed by atoms with van der Waals surface area (Å²) in [6.07, 6.45) is 1.95. The lowest BCUT2D eigenvalue weighted by molar-refractivity contribution is -0.121. The Morgan fingerprint density at radius 2 is 1.92 bits per heavy atom. The van der Waals surface area contributed by atoms with Crippen LogP contribution in [0.1, 0.15) is 44.7 Å². The predicted molar refractivity (Wildman–Crippen MR) is 108 cm³/mol. The highest BCUT2D eigenvalue weighted by molar-refractivity contribution is 5.75. The third-order valence-electron chi connectivity index (χ3n) is 3.97. The van der Waals surface area contributed by atoms with Crippen molar-refractivity contribution < 1.29 is 9.59 Å². The molecule has 0 aliphatic rings. The third kappa shape index (κ3) is 8.34. The van der Waals surface area contributed by atoms with E-state index >= 15 is 0 Å². The van der Waals surface area contributed by atoms with Gasteiger partial charge in [0, 0.05) is 37.8 Å². The number of nitrogens with zero attached hydrogens (tertiary/aromatic N) is 1. The first-order valence-electron chi connectivity index (χ1n) is 8.45. The van der Waals surface area contributed by atoms with E-state index in [2.05, 4.69) is 48.5 Å². The minimum Gasteiger partial charge on any atom is -0.359 e. The maximum Gasteiger partial charge on any atom is 0.219 e. The Kier molecular flexibility index (Phi) is 10.2. The molecular weight excluding hydrogens is 312 g/mol. The van der Waals surface area contributed by atoms with Gasteiger partial charge in [-0.1, -0.05) is 37.8 Å². The number of carbonyl (C=O) groups is 2. The number of benzene rings is 1. The van der Waals surface area contributed by atoms with Crippen LogP contribution < -0.4 is 10.2 Å². The van der Waals surface area contributed by atoms with Crippen molar-refractivity contribution in [3.05, 3.63) is 48.2 Å². The van der Waals surface area contributed by atoms with E-state index in [1.165, 1.54) is 16.8 Å². The summed E-state index contributed by atoms with van der Waals surface area (Å²) >= 11 is 0. The summed E-state index contributed by atoms with van der Waals surface area (Å²) < 4.78 is 0. The van der Waals surface area contributed by atoms with Gasteiger partial charge < -0.3 is 15.0 Å². The molecule has 1 rings (SSSR count). The third-order valence-corrected chi connectivity index (χ3v) is 3.97. The number of aryl methyl sites for hydroxylation is 1. The van der Waals surface area contributed by atoms with Gasteiger partial charge in [-0.3, -0.25) is 4.79 Å². The molecule has 1 unspecified atom stereocenters. The number of hydrogen-bond acceptors (Lipinski definition) is 3. The largest absolute Gasteiger partial charge is 0.359 e. The fourth-order valence-corrected chi connectivity index (χ4v) is 1.99. The molecule has 4 nitrogen and oxygen atoms in total. The van der Waals surface area contributed by atoms with Crippen LogP contribution in [0.3, 0.4) is 0 Å². The van der Waals surface area contributed by atoms with E-state index in [9.17, 15) is 9.59 Å². The standard InChI is InChI=1S/C14H19N.C7H13NO2/c1-10(2)13-8-7-12(5)14(9-13)15(6)11(3)4;1-6(5-9)3-4-7(10)8-2/h7-9H,1,3H2,2,4-6H3;5-6H,3-4H2,1-2H3,(H,8,10). The normalized spacial score (nSPS) is 10.8. The zero-order valence-corrected chi connectivity index (χ0v) is 16.5. The molecule has 1 aromatic rings. The van der Waals surface area contributed by atoms with Gasteiger partial charge >= 0.3 is 0 Å². The molecule has 0 aromatic heterocycles. The van der Waals surface area contributed by atoms with Crippen molar-refractivity contribution in [3.8, 4) is 0 Å². The highest BCUT2D eigenvalue weighted by atomic mass is 16.1. The number of carbonyl (C=O) groups excluding carboxylic acids is 2. The Bertz CT molecular complexity index is 620. The van der Waals surface area contributed by atoms with Crippen LogP contribution in [0.4, 0.5) is 5.69 Å².